The largest absolute Gasteiger partial charge is 0.366 e. The Kier molecular flexibility index (Phi) is 3.67. The number of primary amides is 1. The third kappa shape index (κ3) is 2.49. The van der Waals surface area contributed by atoms with Gasteiger partial charge in [0.1, 0.15) is 5.82 Å². The van der Waals surface area contributed by atoms with Crippen molar-refractivity contribution in [2.75, 3.05) is 0 Å². The normalized spacial score (nSPS) is 10.9. The highest BCUT2D eigenvalue weighted by atomic mass is 19.1. The van der Waals surface area contributed by atoms with Gasteiger partial charge in [-0.05, 0) is 48.0 Å². The SMILES string of the molecule is N#Cc1cccc(Cn2c3cc(F)c[c]c3c3c(C(N)=O)cccc32)c1. The maximum atomic E-state index is 13.9. The van der Waals surface area contributed by atoms with Gasteiger partial charge < -0.3 is 10.3 Å². The summed E-state index contributed by atoms with van der Waals surface area (Å²) in [6, 6.07) is 20.2. The average molecular weight is 342 g/mol. The molecule has 0 aliphatic heterocycles. The molecule has 3 aromatic carbocycles. The molecule has 0 atom stereocenters. The lowest BCUT2D eigenvalue weighted by atomic mass is 10.1. The Morgan fingerprint density at radius 2 is 2.00 bits per heavy atom. The van der Waals surface area contributed by atoms with Gasteiger partial charge in [-0.1, -0.05) is 18.2 Å². The third-order valence-electron chi connectivity index (χ3n) is 4.42. The number of rotatable bonds is 3. The lowest BCUT2D eigenvalue weighted by Gasteiger charge is -2.08. The van der Waals surface area contributed by atoms with Crippen molar-refractivity contribution in [2.45, 2.75) is 6.54 Å². The Labute approximate surface area is 148 Å². The van der Waals surface area contributed by atoms with Gasteiger partial charge in [0.05, 0.1) is 22.7 Å². The highest BCUT2D eigenvalue weighted by Gasteiger charge is 2.17. The molecule has 2 N–H and O–H groups in total. The number of hydrogen-bond acceptors (Lipinski definition) is 2. The van der Waals surface area contributed by atoms with Gasteiger partial charge in [-0.15, -0.1) is 0 Å². The fraction of sp³-hybridized carbons (Fsp3) is 0.0476. The number of fused-ring (bicyclic) bond motifs is 3. The van der Waals surface area contributed by atoms with Crippen LogP contribution in [0, 0.1) is 23.2 Å². The summed E-state index contributed by atoms with van der Waals surface area (Å²) in [4.78, 5) is 11.9. The number of nitriles is 1. The number of carbonyl (C=O) groups excluding carboxylic acids is 1. The summed E-state index contributed by atoms with van der Waals surface area (Å²) in [5.41, 5.74) is 8.74. The fourth-order valence-electron chi connectivity index (χ4n) is 3.33. The predicted molar refractivity (Wildman–Crippen MR) is 97.0 cm³/mol. The molecular weight excluding hydrogens is 329 g/mol. The summed E-state index contributed by atoms with van der Waals surface area (Å²) in [6.07, 6.45) is 0. The van der Waals surface area contributed by atoms with Gasteiger partial charge in [0.15, 0.2) is 0 Å². The zero-order valence-electron chi connectivity index (χ0n) is 13.7. The highest BCUT2D eigenvalue weighted by molar-refractivity contribution is 6.17. The van der Waals surface area contributed by atoms with Crippen LogP contribution in [0.3, 0.4) is 0 Å². The number of amides is 1. The number of benzene rings is 3. The van der Waals surface area contributed by atoms with E-state index in [0.29, 0.717) is 34.0 Å². The number of halogens is 1. The Hall–Kier alpha value is -3.65. The van der Waals surface area contributed by atoms with Gasteiger partial charge in [0, 0.05) is 22.9 Å². The predicted octanol–water partition coefficient (Wildman–Crippen LogP) is 3.75. The molecule has 0 spiro atoms. The minimum absolute atomic E-state index is 0.375. The van der Waals surface area contributed by atoms with Gasteiger partial charge >= 0.3 is 0 Å². The summed E-state index contributed by atoms with van der Waals surface area (Å²) in [5, 5.41) is 10.4. The van der Waals surface area contributed by atoms with Crippen molar-refractivity contribution >= 4 is 27.7 Å². The number of hydrogen-bond donors (Lipinski definition) is 1. The number of carbonyl (C=O) groups is 1. The molecule has 0 saturated heterocycles. The molecular formula is C21H13FN3O. The lowest BCUT2D eigenvalue weighted by molar-refractivity contribution is 0.100. The molecule has 4 aromatic rings. The van der Waals surface area contributed by atoms with Crippen molar-refractivity contribution in [3.05, 3.63) is 83.2 Å². The maximum absolute atomic E-state index is 13.9. The Balaban J connectivity index is 2.03. The van der Waals surface area contributed by atoms with Gasteiger partial charge in [0.2, 0.25) is 5.91 Å². The lowest BCUT2D eigenvalue weighted by Crippen LogP contribution is -2.11. The van der Waals surface area contributed by atoms with E-state index in [-0.39, 0.29) is 0 Å². The zero-order valence-corrected chi connectivity index (χ0v) is 13.7. The van der Waals surface area contributed by atoms with Crippen molar-refractivity contribution in [1.82, 2.24) is 4.57 Å². The summed E-state index contributed by atoms with van der Waals surface area (Å²) in [5.74, 6) is -0.952. The number of nitrogens with two attached hydrogens (primary N) is 1. The summed E-state index contributed by atoms with van der Waals surface area (Å²) < 4.78 is 15.8. The Morgan fingerprint density at radius 1 is 1.19 bits per heavy atom. The van der Waals surface area contributed by atoms with Crippen LogP contribution < -0.4 is 5.73 Å². The molecule has 1 aromatic heterocycles. The van der Waals surface area contributed by atoms with E-state index in [4.69, 9.17) is 11.0 Å². The third-order valence-corrected chi connectivity index (χ3v) is 4.42. The first-order valence-electron chi connectivity index (χ1n) is 7.99. The first-order valence-corrected chi connectivity index (χ1v) is 7.99. The van der Waals surface area contributed by atoms with E-state index < -0.39 is 11.7 Å². The molecule has 26 heavy (non-hydrogen) atoms. The van der Waals surface area contributed by atoms with Crippen LogP contribution in [0.1, 0.15) is 21.5 Å². The molecule has 0 saturated carbocycles. The first kappa shape index (κ1) is 15.9. The Bertz CT molecular complexity index is 1220. The average Bonchev–Trinajstić information content (AvgIpc) is 2.95. The van der Waals surface area contributed by atoms with Gasteiger partial charge in [-0.25, -0.2) is 4.39 Å². The molecule has 5 heteroatoms. The molecule has 125 valence electrons. The second kappa shape index (κ2) is 6.01. The van der Waals surface area contributed by atoms with Crippen LogP contribution >= 0.6 is 0 Å². The van der Waals surface area contributed by atoms with Gasteiger partial charge in [-0.3, -0.25) is 4.79 Å². The fourth-order valence-corrected chi connectivity index (χ4v) is 3.33. The molecule has 4 nitrogen and oxygen atoms in total. The summed E-state index contributed by atoms with van der Waals surface area (Å²) in [7, 11) is 0. The van der Waals surface area contributed by atoms with E-state index >= 15 is 0 Å². The zero-order chi connectivity index (χ0) is 18.3. The van der Waals surface area contributed by atoms with E-state index in [0.717, 1.165) is 11.1 Å². The van der Waals surface area contributed by atoms with Crippen molar-refractivity contribution in [3.63, 3.8) is 0 Å². The molecule has 0 bridgehead atoms. The van der Waals surface area contributed by atoms with Crippen molar-refractivity contribution in [1.29, 1.82) is 5.26 Å². The summed E-state index contributed by atoms with van der Waals surface area (Å²) >= 11 is 0. The van der Waals surface area contributed by atoms with Crippen LogP contribution in [0.25, 0.3) is 21.8 Å². The standard InChI is InChI=1S/C21H13FN3O/c22-15-7-8-16-19(10-15)25(12-14-4-1-3-13(9-14)11-23)18-6-2-5-17(20(16)18)21(24)26/h1-7,9-10H,12H2,(H2,24,26). The van der Waals surface area contributed by atoms with Crippen LogP contribution in [-0.4, -0.2) is 10.5 Å². The molecule has 0 fully saturated rings. The smallest absolute Gasteiger partial charge is 0.249 e. The van der Waals surface area contributed by atoms with E-state index in [9.17, 15) is 9.18 Å². The van der Waals surface area contributed by atoms with E-state index in [2.05, 4.69) is 12.1 Å². The summed E-state index contributed by atoms with van der Waals surface area (Å²) in [6.45, 7) is 0.426. The van der Waals surface area contributed by atoms with Gasteiger partial charge in [-0.2, -0.15) is 5.26 Å². The molecule has 1 heterocycles. The maximum Gasteiger partial charge on any atom is 0.249 e. The number of aromatic nitrogens is 1. The number of nitrogens with zero attached hydrogens (tertiary/aromatic N) is 2. The van der Waals surface area contributed by atoms with E-state index in [1.807, 2.05) is 22.8 Å². The van der Waals surface area contributed by atoms with Crippen molar-refractivity contribution in [2.24, 2.45) is 5.73 Å². The second-order valence-electron chi connectivity index (χ2n) is 6.04. The van der Waals surface area contributed by atoms with E-state index in [1.54, 1.807) is 24.3 Å². The molecule has 1 radical (unpaired) electrons. The minimum Gasteiger partial charge on any atom is -0.366 e. The molecule has 0 unspecified atom stereocenters. The highest BCUT2D eigenvalue weighted by Crippen LogP contribution is 2.32. The van der Waals surface area contributed by atoms with Crippen LogP contribution in [0.5, 0.6) is 0 Å². The minimum atomic E-state index is -0.543. The monoisotopic (exact) mass is 342 g/mol. The van der Waals surface area contributed by atoms with Crippen LogP contribution in [0.15, 0.2) is 54.6 Å². The van der Waals surface area contributed by atoms with Crippen molar-refractivity contribution < 1.29 is 9.18 Å². The molecule has 0 aliphatic carbocycles. The Morgan fingerprint density at radius 3 is 2.77 bits per heavy atom. The quantitative estimate of drug-likeness (QED) is 0.616. The second-order valence-corrected chi connectivity index (χ2v) is 6.04. The molecule has 4 rings (SSSR count). The molecule has 1 amide bonds. The van der Waals surface area contributed by atoms with Crippen LogP contribution in [0.4, 0.5) is 4.39 Å². The van der Waals surface area contributed by atoms with E-state index in [1.165, 1.54) is 12.1 Å². The topological polar surface area (TPSA) is 71.8 Å². The van der Waals surface area contributed by atoms with Crippen molar-refractivity contribution in [3.8, 4) is 6.07 Å². The van der Waals surface area contributed by atoms with Crippen LogP contribution in [-0.2, 0) is 6.54 Å². The first-order chi connectivity index (χ1) is 12.6. The van der Waals surface area contributed by atoms with Gasteiger partial charge in [0.25, 0.3) is 0 Å². The molecule has 0 aliphatic rings. The van der Waals surface area contributed by atoms with Crippen LogP contribution in [0.2, 0.25) is 0 Å².